The highest BCUT2D eigenvalue weighted by Crippen LogP contribution is 2.26. The number of hydrogen-bond donors (Lipinski definition) is 0. The maximum absolute atomic E-state index is 13.2. The fourth-order valence-corrected chi connectivity index (χ4v) is 3.16. The molecule has 0 saturated carbocycles. The van der Waals surface area contributed by atoms with E-state index in [4.69, 9.17) is 0 Å². The van der Waals surface area contributed by atoms with E-state index in [0.717, 1.165) is 17.9 Å². The molecule has 0 spiro atoms. The quantitative estimate of drug-likeness (QED) is 0.741. The Hall–Kier alpha value is -1.17. The Morgan fingerprint density at radius 2 is 1.84 bits per heavy atom. The van der Waals surface area contributed by atoms with Crippen LogP contribution in [0.15, 0.2) is 12.1 Å². The lowest BCUT2D eigenvalue weighted by Gasteiger charge is -2.37. The second kappa shape index (κ2) is 5.45. The molecule has 1 aliphatic heterocycles. The summed E-state index contributed by atoms with van der Waals surface area (Å²) in [6.45, 7) is 4.42. The molecule has 1 heterocycles. The Kier molecular flexibility index (Phi) is 4.08. The van der Waals surface area contributed by atoms with Gasteiger partial charge in [0.25, 0.3) is 5.91 Å². The summed E-state index contributed by atoms with van der Waals surface area (Å²) in [5, 5.41) is 0.257. The van der Waals surface area contributed by atoms with Gasteiger partial charge < -0.3 is 4.90 Å². The average molecular weight is 289 g/mol. The van der Waals surface area contributed by atoms with Gasteiger partial charge in [-0.15, -0.1) is 0 Å². The van der Waals surface area contributed by atoms with Crippen molar-refractivity contribution >= 4 is 17.7 Å². The Bertz CT molecular complexity index is 486. The van der Waals surface area contributed by atoms with E-state index in [0.29, 0.717) is 6.54 Å². The van der Waals surface area contributed by atoms with Crippen molar-refractivity contribution in [1.82, 2.24) is 4.90 Å². The zero-order valence-electron chi connectivity index (χ0n) is 10.6. The Morgan fingerprint density at radius 1 is 1.26 bits per heavy atom. The molecule has 0 N–H and O–H groups in total. The molecule has 1 aliphatic rings. The Morgan fingerprint density at radius 3 is 2.42 bits per heavy atom. The summed E-state index contributed by atoms with van der Waals surface area (Å²) in [4.78, 5) is 13.8. The average Bonchev–Trinajstić information content (AvgIpc) is 2.38. The molecule has 1 aromatic rings. The lowest BCUT2D eigenvalue weighted by Crippen LogP contribution is -2.48. The van der Waals surface area contributed by atoms with E-state index in [1.165, 1.54) is 0 Å². The molecule has 2 nitrogen and oxygen atoms in total. The Balaban J connectivity index is 2.29. The van der Waals surface area contributed by atoms with Crippen molar-refractivity contribution in [3.8, 4) is 0 Å². The van der Waals surface area contributed by atoms with Crippen LogP contribution in [0.3, 0.4) is 0 Å². The molecule has 1 saturated heterocycles. The maximum atomic E-state index is 13.2. The molecule has 0 aliphatic carbocycles. The number of carbonyl (C=O) groups excluding carboxylic acids is 1. The number of rotatable bonds is 1. The molecule has 0 unspecified atom stereocenters. The third kappa shape index (κ3) is 2.73. The predicted octanol–water partition coefficient (Wildman–Crippen LogP) is 3.07. The van der Waals surface area contributed by atoms with Gasteiger partial charge in [-0.1, -0.05) is 6.92 Å². The summed E-state index contributed by atoms with van der Waals surface area (Å²) in [5.74, 6) is -3.90. The van der Waals surface area contributed by atoms with Crippen molar-refractivity contribution < 1.29 is 18.0 Å². The first kappa shape index (κ1) is 14.2. The van der Waals surface area contributed by atoms with Crippen LogP contribution in [0.2, 0.25) is 0 Å². The van der Waals surface area contributed by atoms with Crippen molar-refractivity contribution in [2.24, 2.45) is 0 Å². The van der Waals surface area contributed by atoms with Crippen LogP contribution in [0.4, 0.5) is 13.2 Å². The molecule has 1 amide bonds. The standard InChI is InChI=1S/C13H14F3NOS/c1-7-8(2)19-4-3-17(7)13(18)9-5-10(14)12(16)11(15)6-9/h5-8H,3-4H2,1-2H3/t7-,8-/m0/s1. The summed E-state index contributed by atoms with van der Waals surface area (Å²) in [6, 6.07) is 1.47. The number of halogens is 3. The van der Waals surface area contributed by atoms with Crippen molar-refractivity contribution in [3.05, 3.63) is 35.1 Å². The molecule has 2 rings (SSSR count). The minimum Gasteiger partial charge on any atom is -0.334 e. The van der Waals surface area contributed by atoms with Crippen LogP contribution in [0.25, 0.3) is 0 Å². The molecule has 0 aromatic heterocycles. The normalized spacial score (nSPS) is 23.5. The number of thioether (sulfide) groups is 1. The molecule has 104 valence electrons. The first-order valence-electron chi connectivity index (χ1n) is 5.99. The fraction of sp³-hybridized carbons (Fsp3) is 0.462. The van der Waals surface area contributed by atoms with Gasteiger partial charge in [0.15, 0.2) is 17.5 Å². The van der Waals surface area contributed by atoms with Gasteiger partial charge in [0.1, 0.15) is 0 Å². The summed E-state index contributed by atoms with van der Waals surface area (Å²) in [6.07, 6.45) is 0. The predicted molar refractivity (Wildman–Crippen MR) is 68.7 cm³/mol. The SMILES string of the molecule is C[C@@H]1SCCN(C(=O)c2cc(F)c(F)c(F)c2)[C@H]1C. The van der Waals surface area contributed by atoms with E-state index in [-0.39, 0.29) is 16.9 Å². The highest BCUT2D eigenvalue weighted by molar-refractivity contribution is 8.00. The summed E-state index contributed by atoms with van der Waals surface area (Å²) >= 11 is 1.75. The van der Waals surface area contributed by atoms with Crippen molar-refractivity contribution in [1.29, 1.82) is 0 Å². The van der Waals surface area contributed by atoms with E-state index in [1.54, 1.807) is 16.7 Å². The van der Waals surface area contributed by atoms with Crippen LogP contribution in [0, 0.1) is 17.5 Å². The van der Waals surface area contributed by atoms with Crippen LogP contribution in [-0.4, -0.2) is 34.4 Å². The smallest absolute Gasteiger partial charge is 0.254 e. The fourth-order valence-electron chi connectivity index (χ4n) is 2.06. The number of benzene rings is 1. The minimum absolute atomic E-state index is 0.0255. The van der Waals surface area contributed by atoms with Gasteiger partial charge in [0.2, 0.25) is 0 Å². The third-order valence-electron chi connectivity index (χ3n) is 3.38. The van der Waals surface area contributed by atoms with Crippen molar-refractivity contribution in [3.63, 3.8) is 0 Å². The van der Waals surface area contributed by atoms with Crippen LogP contribution in [0.1, 0.15) is 24.2 Å². The first-order valence-corrected chi connectivity index (χ1v) is 7.03. The van der Waals surface area contributed by atoms with E-state index in [9.17, 15) is 18.0 Å². The zero-order chi connectivity index (χ0) is 14.2. The van der Waals surface area contributed by atoms with Gasteiger partial charge in [0, 0.05) is 29.2 Å². The second-order valence-corrected chi connectivity index (χ2v) is 6.05. The van der Waals surface area contributed by atoms with E-state index >= 15 is 0 Å². The molecule has 6 heteroatoms. The number of nitrogens with zero attached hydrogens (tertiary/aromatic N) is 1. The van der Waals surface area contributed by atoms with Crippen LogP contribution in [-0.2, 0) is 0 Å². The van der Waals surface area contributed by atoms with Crippen molar-refractivity contribution in [2.45, 2.75) is 25.1 Å². The van der Waals surface area contributed by atoms with Crippen LogP contribution in [0.5, 0.6) is 0 Å². The summed E-state index contributed by atoms with van der Waals surface area (Å²) in [5.41, 5.74) is -0.151. The second-order valence-electron chi connectivity index (χ2n) is 4.57. The largest absolute Gasteiger partial charge is 0.334 e. The topological polar surface area (TPSA) is 20.3 Å². The number of hydrogen-bond acceptors (Lipinski definition) is 2. The number of amides is 1. The molecule has 1 fully saturated rings. The third-order valence-corrected chi connectivity index (χ3v) is 4.71. The van der Waals surface area contributed by atoms with Gasteiger partial charge in [-0.25, -0.2) is 13.2 Å². The minimum atomic E-state index is -1.55. The number of carbonyl (C=O) groups is 1. The van der Waals surface area contributed by atoms with Gasteiger partial charge in [-0.05, 0) is 19.1 Å². The van der Waals surface area contributed by atoms with E-state index in [2.05, 4.69) is 0 Å². The molecule has 2 atom stereocenters. The first-order chi connectivity index (χ1) is 8.91. The molecule has 19 heavy (non-hydrogen) atoms. The molecule has 1 aromatic carbocycles. The summed E-state index contributed by atoms with van der Waals surface area (Å²) in [7, 11) is 0. The monoisotopic (exact) mass is 289 g/mol. The molecular weight excluding hydrogens is 275 g/mol. The molecule has 0 bridgehead atoms. The van der Waals surface area contributed by atoms with Gasteiger partial charge in [-0.3, -0.25) is 4.79 Å². The van der Waals surface area contributed by atoms with Crippen LogP contribution < -0.4 is 0 Å². The molecule has 0 radical (unpaired) electrons. The van der Waals surface area contributed by atoms with Gasteiger partial charge in [-0.2, -0.15) is 11.8 Å². The zero-order valence-corrected chi connectivity index (χ0v) is 11.4. The van der Waals surface area contributed by atoms with Crippen LogP contribution >= 0.6 is 11.8 Å². The lowest BCUT2D eigenvalue weighted by molar-refractivity contribution is 0.0697. The highest BCUT2D eigenvalue weighted by atomic mass is 32.2. The van der Waals surface area contributed by atoms with E-state index < -0.39 is 23.4 Å². The van der Waals surface area contributed by atoms with Gasteiger partial charge in [0.05, 0.1) is 0 Å². The lowest BCUT2D eigenvalue weighted by atomic mass is 10.1. The van der Waals surface area contributed by atoms with E-state index in [1.807, 2.05) is 13.8 Å². The summed E-state index contributed by atoms with van der Waals surface area (Å²) < 4.78 is 39.2. The van der Waals surface area contributed by atoms with Crippen molar-refractivity contribution in [2.75, 3.05) is 12.3 Å². The Labute approximate surface area is 114 Å². The molecular formula is C13H14F3NOS. The highest BCUT2D eigenvalue weighted by Gasteiger charge is 2.30. The maximum Gasteiger partial charge on any atom is 0.254 e. The van der Waals surface area contributed by atoms with Gasteiger partial charge >= 0.3 is 0 Å².